The molecular formula is C8H16N2O5S. The highest BCUT2D eigenvalue weighted by Crippen LogP contribution is 1.98. The van der Waals surface area contributed by atoms with Gasteiger partial charge in [0.25, 0.3) is 0 Å². The van der Waals surface area contributed by atoms with Gasteiger partial charge >= 0.3 is 5.97 Å². The highest BCUT2D eigenvalue weighted by molar-refractivity contribution is 7.90. The molecule has 1 unspecified atom stereocenters. The Morgan fingerprint density at radius 3 is 2.25 bits per heavy atom. The van der Waals surface area contributed by atoms with Crippen molar-refractivity contribution in [3.05, 3.63) is 0 Å². The van der Waals surface area contributed by atoms with E-state index in [1.807, 2.05) is 0 Å². The third-order valence-electron chi connectivity index (χ3n) is 1.95. The van der Waals surface area contributed by atoms with Crippen LogP contribution in [0, 0.1) is 0 Å². The summed E-state index contributed by atoms with van der Waals surface area (Å²) in [5, 5.41) is 6.99. The number of nitrogens with one attached hydrogen (secondary N) is 1. The van der Waals surface area contributed by atoms with Crippen molar-refractivity contribution in [2.45, 2.75) is 18.6 Å². The summed E-state index contributed by atoms with van der Waals surface area (Å²) in [6.07, 6.45) is -0.00142. The average molecular weight is 252 g/mol. The van der Waals surface area contributed by atoms with Crippen LogP contribution in [0.4, 0.5) is 0 Å². The number of carbonyl (C=O) groups excluding carboxylic acids is 1. The Kier molecular flexibility index (Phi) is 5.39. The van der Waals surface area contributed by atoms with Gasteiger partial charge in [-0.05, 0) is 6.92 Å². The Morgan fingerprint density at radius 1 is 1.38 bits per heavy atom. The van der Waals surface area contributed by atoms with Crippen LogP contribution in [0.2, 0.25) is 0 Å². The minimum atomic E-state index is -3.90. The highest BCUT2D eigenvalue weighted by atomic mass is 32.2. The van der Waals surface area contributed by atoms with Crippen molar-refractivity contribution in [1.82, 2.24) is 9.62 Å². The second-order valence-corrected chi connectivity index (χ2v) is 5.54. The van der Waals surface area contributed by atoms with Crippen LogP contribution in [0.3, 0.4) is 0 Å². The number of sulfonamides is 1. The first-order valence-electron chi connectivity index (χ1n) is 4.60. The minimum Gasteiger partial charge on any atom is -0.480 e. The van der Waals surface area contributed by atoms with Crippen molar-refractivity contribution in [2.24, 2.45) is 0 Å². The second-order valence-electron chi connectivity index (χ2n) is 3.46. The first-order valence-corrected chi connectivity index (χ1v) is 6.14. The molecule has 2 N–H and O–H groups in total. The van der Waals surface area contributed by atoms with Crippen molar-refractivity contribution in [3.63, 3.8) is 0 Å². The van der Waals surface area contributed by atoms with E-state index >= 15 is 0 Å². The van der Waals surface area contributed by atoms with Crippen LogP contribution in [0.25, 0.3) is 0 Å². The van der Waals surface area contributed by atoms with Crippen LogP contribution >= 0.6 is 0 Å². The van der Waals surface area contributed by atoms with E-state index in [2.05, 4.69) is 4.72 Å². The van der Waals surface area contributed by atoms with Gasteiger partial charge in [-0.25, -0.2) is 13.1 Å². The van der Waals surface area contributed by atoms with Gasteiger partial charge in [0.1, 0.15) is 0 Å². The van der Waals surface area contributed by atoms with Crippen molar-refractivity contribution >= 4 is 21.9 Å². The van der Waals surface area contributed by atoms with E-state index in [1.165, 1.54) is 4.90 Å². The fraction of sp³-hybridized carbons (Fsp3) is 0.750. The molecule has 0 aliphatic heterocycles. The van der Waals surface area contributed by atoms with E-state index in [-0.39, 0.29) is 18.9 Å². The number of carboxylic acid groups (broad SMARTS) is 1. The van der Waals surface area contributed by atoms with E-state index in [0.717, 1.165) is 6.92 Å². The molecule has 0 aliphatic rings. The van der Waals surface area contributed by atoms with E-state index < -0.39 is 21.2 Å². The minimum absolute atomic E-state index is 0.00142. The molecule has 1 amide bonds. The number of hydrogen-bond acceptors (Lipinski definition) is 4. The molecule has 0 heterocycles. The smallest absolute Gasteiger partial charge is 0.323 e. The summed E-state index contributed by atoms with van der Waals surface area (Å²) in [6.45, 7) is 0.968. The SMILES string of the molecule is CC(C(=O)O)S(=O)(=O)NCCC(=O)N(C)C. The predicted octanol–water partition coefficient (Wildman–Crippen LogP) is -1.14. The molecule has 0 rings (SSSR count). The average Bonchev–Trinajstić information content (AvgIpc) is 2.15. The van der Waals surface area contributed by atoms with Gasteiger partial charge in [0.05, 0.1) is 0 Å². The Morgan fingerprint density at radius 2 is 1.88 bits per heavy atom. The van der Waals surface area contributed by atoms with E-state index in [1.54, 1.807) is 14.1 Å². The van der Waals surface area contributed by atoms with E-state index in [4.69, 9.17) is 5.11 Å². The molecule has 0 aromatic rings. The summed E-state index contributed by atoms with van der Waals surface area (Å²) in [5.41, 5.74) is 0. The molecule has 0 saturated heterocycles. The van der Waals surface area contributed by atoms with Gasteiger partial charge in [-0.3, -0.25) is 9.59 Å². The van der Waals surface area contributed by atoms with Gasteiger partial charge in [0.2, 0.25) is 15.9 Å². The van der Waals surface area contributed by atoms with Crippen LogP contribution in [-0.2, 0) is 19.6 Å². The number of aliphatic carboxylic acids is 1. The van der Waals surface area contributed by atoms with E-state index in [9.17, 15) is 18.0 Å². The van der Waals surface area contributed by atoms with Crippen molar-refractivity contribution in [1.29, 1.82) is 0 Å². The number of nitrogens with zero attached hydrogens (tertiary/aromatic N) is 1. The maximum absolute atomic E-state index is 11.3. The predicted molar refractivity (Wildman–Crippen MR) is 57.3 cm³/mol. The zero-order chi connectivity index (χ0) is 12.9. The van der Waals surface area contributed by atoms with Crippen molar-refractivity contribution in [3.8, 4) is 0 Å². The Labute approximate surface area is 94.5 Å². The molecular weight excluding hydrogens is 236 g/mol. The summed E-state index contributed by atoms with van der Waals surface area (Å²) in [7, 11) is -0.797. The summed E-state index contributed by atoms with van der Waals surface area (Å²) in [6, 6.07) is 0. The normalized spacial score (nSPS) is 13.2. The van der Waals surface area contributed by atoms with Crippen LogP contribution in [0.5, 0.6) is 0 Å². The van der Waals surface area contributed by atoms with Crippen LogP contribution in [0.15, 0.2) is 0 Å². The maximum Gasteiger partial charge on any atom is 0.323 e. The van der Waals surface area contributed by atoms with Gasteiger partial charge in [-0.1, -0.05) is 0 Å². The highest BCUT2D eigenvalue weighted by Gasteiger charge is 2.27. The lowest BCUT2D eigenvalue weighted by Gasteiger charge is -2.12. The molecule has 94 valence electrons. The Bertz CT molecular complexity index is 363. The standard InChI is InChI=1S/C8H16N2O5S/c1-6(8(12)13)16(14,15)9-5-4-7(11)10(2)3/h6,9H,4-5H2,1-3H3,(H,12,13). The number of hydrogen-bond donors (Lipinski definition) is 2. The zero-order valence-electron chi connectivity index (χ0n) is 9.43. The fourth-order valence-electron chi connectivity index (χ4n) is 0.782. The zero-order valence-corrected chi connectivity index (χ0v) is 10.2. The molecule has 0 spiro atoms. The molecule has 0 aromatic carbocycles. The topological polar surface area (TPSA) is 104 Å². The quantitative estimate of drug-likeness (QED) is 0.621. The summed E-state index contributed by atoms with van der Waals surface area (Å²) in [5.74, 6) is -1.66. The van der Waals surface area contributed by atoms with Gasteiger partial charge in [0.15, 0.2) is 5.25 Å². The fourth-order valence-corrected chi connectivity index (χ4v) is 1.68. The third kappa shape index (κ3) is 4.58. The molecule has 8 heteroatoms. The number of carbonyl (C=O) groups is 2. The third-order valence-corrected chi connectivity index (χ3v) is 3.69. The number of carboxylic acids is 1. The molecule has 0 fully saturated rings. The summed E-state index contributed by atoms with van der Waals surface area (Å²) < 4.78 is 24.7. The lowest BCUT2D eigenvalue weighted by molar-refractivity contribution is -0.136. The Balaban J connectivity index is 4.22. The second kappa shape index (κ2) is 5.80. The molecule has 16 heavy (non-hydrogen) atoms. The first kappa shape index (κ1) is 14.8. The molecule has 0 aromatic heterocycles. The van der Waals surface area contributed by atoms with Crippen molar-refractivity contribution < 1.29 is 23.1 Å². The maximum atomic E-state index is 11.3. The lowest BCUT2D eigenvalue weighted by Crippen LogP contribution is -2.39. The number of amides is 1. The molecule has 0 radical (unpaired) electrons. The van der Waals surface area contributed by atoms with Gasteiger partial charge < -0.3 is 10.0 Å². The lowest BCUT2D eigenvalue weighted by atomic mass is 10.4. The number of rotatable bonds is 6. The monoisotopic (exact) mass is 252 g/mol. The van der Waals surface area contributed by atoms with Gasteiger partial charge in [-0.15, -0.1) is 0 Å². The first-order chi connectivity index (χ1) is 7.18. The van der Waals surface area contributed by atoms with Crippen LogP contribution in [-0.4, -0.2) is 56.2 Å². The van der Waals surface area contributed by atoms with Crippen molar-refractivity contribution in [2.75, 3.05) is 20.6 Å². The molecule has 1 atom stereocenters. The van der Waals surface area contributed by atoms with Gasteiger partial charge in [0, 0.05) is 27.1 Å². The molecule has 0 bridgehead atoms. The van der Waals surface area contributed by atoms with Gasteiger partial charge in [-0.2, -0.15) is 0 Å². The molecule has 7 nitrogen and oxygen atoms in total. The summed E-state index contributed by atoms with van der Waals surface area (Å²) in [4.78, 5) is 22.9. The van der Waals surface area contributed by atoms with Crippen LogP contribution in [0.1, 0.15) is 13.3 Å². The summed E-state index contributed by atoms with van der Waals surface area (Å²) >= 11 is 0. The largest absolute Gasteiger partial charge is 0.480 e. The molecule has 0 saturated carbocycles. The molecule has 0 aliphatic carbocycles. The van der Waals surface area contributed by atoms with Crippen LogP contribution < -0.4 is 4.72 Å². The Hall–Kier alpha value is -1.15. The van der Waals surface area contributed by atoms with E-state index in [0.29, 0.717) is 0 Å².